The average molecular weight is 336 g/mol. The molecule has 0 heterocycles. The largest absolute Gasteiger partial charge is 0.306 e. The maximum Gasteiger partial charge on any atom is 0.128 e. The van der Waals surface area contributed by atoms with Crippen LogP contribution >= 0.6 is 15.9 Å². The molecule has 2 aromatic rings. The van der Waals surface area contributed by atoms with Gasteiger partial charge in [-0.05, 0) is 43.7 Å². The molecule has 0 aromatic heterocycles. The molecule has 106 valence electrons. The van der Waals surface area contributed by atoms with Gasteiger partial charge in [0.05, 0.1) is 6.04 Å². The van der Waals surface area contributed by atoms with E-state index in [1.165, 1.54) is 11.6 Å². The van der Waals surface area contributed by atoms with Crippen LogP contribution in [0.1, 0.15) is 35.2 Å². The molecule has 0 saturated carbocycles. The molecular formula is C17H19BrFN. The van der Waals surface area contributed by atoms with Crippen molar-refractivity contribution >= 4 is 15.9 Å². The highest BCUT2D eigenvalue weighted by atomic mass is 79.9. The number of rotatable bonds is 4. The molecule has 3 heteroatoms. The predicted molar refractivity (Wildman–Crippen MR) is 85.5 cm³/mol. The molecule has 0 aliphatic heterocycles. The Bertz CT molecular complexity index is 610. The molecule has 1 unspecified atom stereocenters. The van der Waals surface area contributed by atoms with Crippen molar-refractivity contribution < 1.29 is 4.39 Å². The molecule has 1 nitrogen and oxygen atoms in total. The van der Waals surface area contributed by atoms with Crippen LogP contribution in [0.2, 0.25) is 0 Å². The number of benzene rings is 2. The van der Waals surface area contributed by atoms with Gasteiger partial charge in [0, 0.05) is 10.0 Å². The maximum atomic E-state index is 14.2. The van der Waals surface area contributed by atoms with Crippen LogP contribution in [0.25, 0.3) is 0 Å². The number of halogens is 2. The summed E-state index contributed by atoms with van der Waals surface area (Å²) in [6, 6.07) is 11.3. The molecule has 0 fully saturated rings. The number of aryl methyl sites for hydroxylation is 2. The van der Waals surface area contributed by atoms with Gasteiger partial charge in [-0.1, -0.05) is 52.7 Å². The fraction of sp³-hybridized carbons (Fsp3) is 0.294. The van der Waals surface area contributed by atoms with Gasteiger partial charge in [-0.15, -0.1) is 0 Å². The van der Waals surface area contributed by atoms with Crippen molar-refractivity contribution in [3.63, 3.8) is 0 Å². The summed E-state index contributed by atoms with van der Waals surface area (Å²) in [4.78, 5) is 0. The van der Waals surface area contributed by atoms with Crippen LogP contribution in [-0.2, 0) is 0 Å². The van der Waals surface area contributed by atoms with E-state index in [4.69, 9.17) is 0 Å². The standard InChI is InChI=1S/C17H19BrFN/c1-4-20-17(13-7-5-12(3)10-15(13)18)14-9-11(2)6-8-16(14)19/h5-10,17,20H,4H2,1-3H3. The van der Waals surface area contributed by atoms with Crippen molar-refractivity contribution in [3.8, 4) is 0 Å². The summed E-state index contributed by atoms with van der Waals surface area (Å²) in [5.41, 5.74) is 3.99. The summed E-state index contributed by atoms with van der Waals surface area (Å²) in [6.07, 6.45) is 0. The van der Waals surface area contributed by atoms with Gasteiger partial charge in [-0.3, -0.25) is 0 Å². The maximum absolute atomic E-state index is 14.2. The Hall–Kier alpha value is -1.19. The van der Waals surface area contributed by atoms with Gasteiger partial charge in [-0.25, -0.2) is 4.39 Å². The minimum absolute atomic E-state index is 0.144. The Kier molecular flexibility index (Phi) is 4.95. The van der Waals surface area contributed by atoms with E-state index >= 15 is 0 Å². The molecule has 0 saturated heterocycles. The van der Waals surface area contributed by atoms with E-state index in [1.54, 1.807) is 6.07 Å². The third-order valence-electron chi connectivity index (χ3n) is 3.34. The van der Waals surface area contributed by atoms with Crippen LogP contribution in [0.5, 0.6) is 0 Å². The van der Waals surface area contributed by atoms with E-state index in [0.717, 1.165) is 22.1 Å². The third kappa shape index (κ3) is 3.28. The fourth-order valence-electron chi connectivity index (χ4n) is 2.34. The Labute approximate surface area is 128 Å². The lowest BCUT2D eigenvalue weighted by molar-refractivity contribution is 0.557. The first-order valence-corrected chi connectivity index (χ1v) is 7.57. The number of hydrogen-bond acceptors (Lipinski definition) is 1. The van der Waals surface area contributed by atoms with Crippen LogP contribution in [0, 0.1) is 19.7 Å². The molecule has 1 N–H and O–H groups in total. The second-order valence-corrected chi connectivity index (χ2v) is 5.89. The Morgan fingerprint density at radius 1 is 1.05 bits per heavy atom. The number of nitrogens with one attached hydrogen (secondary N) is 1. The van der Waals surface area contributed by atoms with Gasteiger partial charge < -0.3 is 5.32 Å². The van der Waals surface area contributed by atoms with E-state index in [2.05, 4.69) is 39.4 Å². The average Bonchev–Trinajstić information content (AvgIpc) is 2.40. The smallest absolute Gasteiger partial charge is 0.128 e. The molecule has 20 heavy (non-hydrogen) atoms. The molecule has 1 atom stereocenters. The zero-order valence-corrected chi connectivity index (χ0v) is 13.6. The monoisotopic (exact) mass is 335 g/mol. The molecule has 0 amide bonds. The minimum Gasteiger partial charge on any atom is -0.306 e. The number of hydrogen-bond donors (Lipinski definition) is 1. The van der Waals surface area contributed by atoms with Crippen molar-refractivity contribution in [2.24, 2.45) is 0 Å². The van der Waals surface area contributed by atoms with Crippen molar-refractivity contribution in [2.45, 2.75) is 26.8 Å². The SMILES string of the molecule is CCNC(c1cc(C)ccc1F)c1ccc(C)cc1Br. The first-order chi connectivity index (χ1) is 9.52. The Balaban J connectivity index is 2.53. The van der Waals surface area contributed by atoms with Gasteiger partial charge >= 0.3 is 0 Å². The second-order valence-electron chi connectivity index (χ2n) is 5.04. The molecule has 0 aliphatic rings. The van der Waals surface area contributed by atoms with Crippen molar-refractivity contribution in [3.05, 3.63) is 68.9 Å². The second kappa shape index (κ2) is 6.51. The lowest BCUT2D eigenvalue weighted by Crippen LogP contribution is -2.23. The Morgan fingerprint density at radius 2 is 1.70 bits per heavy atom. The highest BCUT2D eigenvalue weighted by Gasteiger charge is 2.19. The molecule has 0 bridgehead atoms. The van der Waals surface area contributed by atoms with E-state index in [1.807, 2.05) is 26.8 Å². The molecule has 0 spiro atoms. The zero-order valence-electron chi connectivity index (χ0n) is 12.0. The zero-order chi connectivity index (χ0) is 14.7. The van der Waals surface area contributed by atoms with Gasteiger partial charge in [-0.2, -0.15) is 0 Å². The highest BCUT2D eigenvalue weighted by molar-refractivity contribution is 9.10. The molecule has 2 aromatic carbocycles. The van der Waals surface area contributed by atoms with E-state index in [-0.39, 0.29) is 11.9 Å². The first kappa shape index (κ1) is 15.2. The fourth-order valence-corrected chi connectivity index (χ4v) is 3.06. The van der Waals surface area contributed by atoms with Crippen molar-refractivity contribution in [1.29, 1.82) is 0 Å². The summed E-state index contributed by atoms with van der Waals surface area (Å²) in [6.45, 7) is 6.83. The predicted octanol–water partition coefficient (Wildman–Crippen LogP) is 4.90. The summed E-state index contributed by atoms with van der Waals surface area (Å²) in [5, 5.41) is 3.37. The van der Waals surface area contributed by atoms with Crippen molar-refractivity contribution in [1.82, 2.24) is 5.32 Å². The van der Waals surface area contributed by atoms with Gasteiger partial charge in [0.2, 0.25) is 0 Å². The first-order valence-electron chi connectivity index (χ1n) is 6.78. The van der Waals surface area contributed by atoms with Gasteiger partial charge in [0.1, 0.15) is 5.82 Å². The molecular weight excluding hydrogens is 317 g/mol. The molecule has 2 rings (SSSR count). The van der Waals surface area contributed by atoms with E-state index in [0.29, 0.717) is 5.56 Å². The van der Waals surface area contributed by atoms with Crippen LogP contribution in [-0.4, -0.2) is 6.54 Å². The Morgan fingerprint density at radius 3 is 2.35 bits per heavy atom. The van der Waals surface area contributed by atoms with Crippen LogP contribution in [0.4, 0.5) is 4.39 Å². The normalized spacial score (nSPS) is 12.4. The molecule has 0 aliphatic carbocycles. The van der Waals surface area contributed by atoms with Crippen LogP contribution in [0.3, 0.4) is 0 Å². The molecule has 0 radical (unpaired) electrons. The summed E-state index contributed by atoms with van der Waals surface area (Å²) in [5.74, 6) is -0.172. The van der Waals surface area contributed by atoms with Gasteiger partial charge in [0.15, 0.2) is 0 Å². The quantitative estimate of drug-likeness (QED) is 0.837. The third-order valence-corrected chi connectivity index (χ3v) is 4.02. The van der Waals surface area contributed by atoms with E-state index < -0.39 is 0 Å². The van der Waals surface area contributed by atoms with Crippen LogP contribution < -0.4 is 5.32 Å². The highest BCUT2D eigenvalue weighted by Crippen LogP contribution is 2.31. The summed E-state index contributed by atoms with van der Waals surface area (Å²) in [7, 11) is 0. The topological polar surface area (TPSA) is 12.0 Å². The lowest BCUT2D eigenvalue weighted by atomic mass is 9.96. The van der Waals surface area contributed by atoms with Crippen LogP contribution in [0.15, 0.2) is 40.9 Å². The van der Waals surface area contributed by atoms with Gasteiger partial charge in [0.25, 0.3) is 0 Å². The summed E-state index contributed by atoms with van der Waals surface area (Å²) < 4.78 is 15.2. The lowest BCUT2D eigenvalue weighted by Gasteiger charge is -2.21. The minimum atomic E-state index is -0.172. The van der Waals surface area contributed by atoms with Crippen molar-refractivity contribution in [2.75, 3.05) is 6.54 Å². The summed E-state index contributed by atoms with van der Waals surface area (Å²) >= 11 is 3.60. The van der Waals surface area contributed by atoms with E-state index in [9.17, 15) is 4.39 Å².